The molecule has 1 aliphatic heterocycles. The number of hydrogen-bond acceptors (Lipinski definition) is 6. The molecule has 0 spiro atoms. The van der Waals surface area contributed by atoms with Crippen molar-refractivity contribution in [1.29, 1.82) is 0 Å². The highest BCUT2D eigenvalue weighted by molar-refractivity contribution is 5.79. The molecule has 11 heteroatoms. The number of aromatic nitrogens is 1. The van der Waals surface area contributed by atoms with Gasteiger partial charge in [-0.05, 0) is 69.2 Å². The number of hydrogen-bond donors (Lipinski definition) is 0. The average Bonchev–Trinajstić information content (AvgIpc) is 3.27. The number of fused-ring (bicyclic) bond motifs is 2. The summed E-state index contributed by atoms with van der Waals surface area (Å²) in [6, 6.07) is 8.46. The molecule has 1 aliphatic carbocycles. The van der Waals surface area contributed by atoms with Gasteiger partial charge in [0.2, 0.25) is 5.88 Å². The Kier molecular flexibility index (Phi) is 9.70. The fraction of sp³-hybridized carbons (Fsp3) is 0.548. The Morgan fingerprint density at radius 1 is 1.17 bits per heavy atom. The molecule has 0 saturated carbocycles. The zero-order valence-electron chi connectivity index (χ0n) is 24.8. The highest BCUT2D eigenvalue weighted by Gasteiger charge is 2.44. The molecule has 0 unspecified atom stereocenters. The summed E-state index contributed by atoms with van der Waals surface area (Å²) in [5.41, 5.74) is 3.97. The summed E-state index contributed by atoms with van der Waals surface area (Å²) < 4.78 is 71.4. The van der Waals surface area contributed by atoms with Gasteiger partial charge in [-0.15, -0.1) is 0 Å². The van der Waals surface area contributed by atoms with E-state index in [0.717, 1.165) is 22.3 Å². The Hall–Kier alpha value is -3.34. The molecule has 230 valence electrons. The van der Waals surface area contributed by atoms with Crippen LogP contribution >= 0.6 is 0 Å². The van der Waals surface area contributed by atoms with E-state index in [1.54, 1.807) is 26.8 Å². The normalized spacial score (nSPS) is 18.9. The number of carbonyl (C=O) groups excluding carboxylic acids is 1. The molecule has 0 fully saturated rings. The van der Waals surface area contributed by atoms with Gasteiger partial charge in [0.05, 0.1) is 39.1 Å². The second kappa shape index (κ2) is 12.9. The van der Waals surface area contributed by atoms with Crippen molar-refractivity contribution in [2.45, 2.75) is 70.8 Å². The minimum atomic E-state index is -4.40. The Morgan fingerprint density at radius 3 is 2.57 bits per heavy atom. The van der Waals surface area contributed by atoms with Crippen LogP contribution in [0, 0.1) is 0 Å². The highest BCUT2D eigenvalue weighted by atomic mass is 19.4. The number of rotatable bonds is 10. The molecule has 0 saturated heterocycles. The van der Waals surface area contributed by atoms with Crippen LogP contribution in [0.4, 0.5) is 22.4 Å². The first-order valence-electron chi connectivity index (χ1n) is 14.1. The van der Waals surface area contributed by atoms with Crippen LogP contribution in [0.15, 0.2) is 42.1 Å². The minimum Gasteiger partial charge on any atom is -0.495 e. The van der Waals surface area contributed by atoms with Crippen LogP contribution in [-0.2, 0) is 11.2 Å². The Balaban J connectivity index is 1.63. The number of alkyl halides is 4. The Morgan fingerprint density at radius 2 is 1.90 bits per heavy atom. The summed E-state index contributed by atoms with van der Waals surface area (Å²) in [6.45, 7) is 5.68. The minimum absolute atomic E-state index is 0.0248. The zero-order chi connectivity index (χ0) is 30.7. The van der Waals surface area contributed by atoms with Gasteiger partial charge in [0.25, 0.3) is 0 Å². The molecule has 42 heavy (non-hydrogen) atoms. The lowest BCUT2D eigenvalue weighted by Crippen LogP contribution is -2.46. The van der Waals surface area contributed by atoms with Crippen molar-refractivity contribution in [3.05, 3.63) is 58.8 Å². The van der Waals surface area contributed by atoms with Crippen molar-refractivity contribution in [3.8, 4) is 11.6 Å². The number of benzene rings is 1. The first kappa shape index (κ1) is 31.6. The van der Waals surface area contributed by atoms with Crippen molar-refractivity contribution in [2.24, 2.45) is 0 Å². The lowest BCUT2D eigenvalue weighted by Gasteiger charge is -2.42. The van der Waals surface area contributed by atoms with Crippen molar-refractivity contribution >= 4 is 11.7 Å². The third-order valence-electron chi connectivity index (χ3n) is 7.41. The molecule has 1 amide bonds. The third-order valence-corrected chi connectivity index (χ3v) is 7.41. The van der Waals surface area contributed by atoms with Gasteiger partial charge in [-0.25, -0.2) is 9.78 Å². The summed E-state index contributed by atoms with van der Waals surface area (Å²) in [7, 11) is 1.46. The van der Waals surface area contributed by atoms with E-state index in [9.17, 15) is 22.4 Å². The van der Waals surface area contributed by atoms with E-state index in [1.807, 2.05) is 31.2 Å². The number of carbonyl (C=O) groups is 1. The molecule has 0 radical (unpaired) electrons. The van der Waals surface area contributed by atoms with Crippen LogP contribution in [-0.4, -0.2) is 78.7 Å². The predicted octanol–water partition coefficient (Wildman–Crippen LogP) is 6.77. The third kappa shape index (κ3) is 7.53. The van der Waals surface area contributed by atoms with Gasteiger partial charge in [-0.1, -0.05) is 24.3 Å². The Labute approximate surface area is 244 Å². The quantitative estimate of drug-likeness (QED) is 0.283. The van der Waals surface area contributed by atoms with E-state index in [4.69, 9.17) is 14.2 Å². The number of amides is 1. The van der Waals surface area contributed by atoms with Crippen LogP contribution in [0.25, 0.3) is 5.57 Å². The molecule has 2 aliphatic rings. The Bertz CT molecular complexity index is 1290. The van der Waals surface area contributed by atoms with Crippen LogP contribution in [0.2, 0.25) is 0 Å². The van der Waals surface area contributed by atoms with Crippen LogP contribution in [0.5, 0.6) is 11.6 Å². The predicted molar refractivity (Wildman–Crippen MR) is 151 cm³/mol. The summed E-state index contributed by atoms with van der Waals surface area (Å²) in [4.78, 5) is 19.8. The van der Waals surface area contributed by atoms with Crippen LogP contribution < -0.4 is 9.47 Å². The maximum atomic E-state index is 13.9. The standard InChI is InChI=1S/C31H39F4N3O4/c1-20-15-23-22-10-7-6-9-21(22)16-24(23)28(38(20)19-31(33,34)35)25-17-27(36-18-26(25)40-5)41-14-13-37(12-8-11-32)29(39)42-30(2,3)4/h6-7,9-10,17-18,20,28H,8,11-16,19H2,1-5H3/t20-,28+/m1/s1. The van der Waals surface area contributed by atoms with E-state index in [-0.39, 0.29) is 38.0 Å². The number of halogens is 4. The van der Waals surface area contributed by atoms with Gasteiger partial charge in [0.15, 0.2) is 0 Å². The van der Waals surface area contributed by atoms with Gasteiger partial charge in [-0.2, -0.15) is 13.2 Å². The molecule has 1 aromatic heterocycles. The van der Waals surface area contributed by atoms with Gasteiger partial charge in [0, 0.05) is 24.2 Å². The first-order valence-corrected chi connectivity index (χ1v) is 14.1. The van der Waals surface area contributed by atoms with E-state index in [0.29, 0.717) is 24.2 Å². The first-order chi connectivity index (χ1) is 19.8. The molecular weight excluding hydrogens is 554 g/mol. The lowest BCUT2D eigenvalue weighted by atomic mass is 9.85. The van der Waals surface area contributed by atoms with Crippen LogP contribution in [0.3, 0.4) is 0 Å². The molecule has 0 bridgehead atoms. The number of ether oxygens (including phenoxy) is 3. The number of pyridine rings is 1. The molecule has 4 rings (SSSR count). The van der Waals surface area contributed by atoms with Crippen molar-refractivity contribution in [1.82, 2.24) is 14.8 Å². The topological polar surface area (TPSA) is 64.1 Å². The summed E-state index contributed by atoms with van der Waals surface area (Å²) in [6.07, 6.45) is -2.33. The SMILES string of the molecule is COc1cnc(OCCN(CCCF)C(=O)OC(C)(C)C)cc1[C@@H]1C2=C(C[C@@H](C)N1CC(F)(F)F)c1ccccc1C2. The van der Waals surface area contributed by atoms with Crippen molar-refractivity contribution < 1.29 is 36.6 Å². The monoisotopic (exact) mass is 593 g/mol. The maximum Gasteiger partial charge on any atom is 0.410 e. The van der Waals surface area contributed by atoms with E-state index < -0.39 is 37.1 Å². The van der Waals surface area contributed by atoms with E-state index in [1.165, 1.54) is 23.1 Å². The second-order valence-electron chi connectivity index (χ2n) is 11.7. The fourth-order valence-electron chi connectivity index (χ4n) is 5.68. The van der Waals surface area contributed by atoms with Crippen LogP contribution in [0.1, 0.15) is 63.3 Å². The number of methoxy groups -OCH3 is 1. The van der Waals surface area contributed by atoms with Gasteiger partial charge in [-0.3, -0.25) is 9.29 Å². The molecule has 2 atom stereocenters. The second-order valence-corrected chi connectivity index (χ2v) is 11.7. The highest BCUT2D eigenvalue weighted by Crippen LogP contribution is 2.51. The number of nitrogens with zero attached hydrogens (tertiary/aromatic N) is 3. The molecule has 0 N–H and O–H groups in total. The molecule has 2 heterocycles. The molecule has 1 aromatic carbocycles. The van der Waals surface area contributed by atoms with Gasteiger partial charge < -0.3 is 19.1 Å². The van der Waals surface area contributed by atoms with E-state index in [2.05, 4.69) is 4.98 Å². The summed E-state index contributed by atoms with van der Waals surface area (Å²) in [5, 5.41) is 0. The molecular formula is C31H39F4N3O4. The smallest absolute Gasteiger partial charge is 0.410 e. The van der Waals surface area contributed by atoms with Gasteiger partial charge >= 0.3 is 12.3 Å². The molecule has 7 nitrogen and oxygen atoms in total. The zero-order valence-corrected chi connectivity index (χ0v) is 24.8. The summed E-state index contributed by atoms with van der Waals surface area (Å²) in [5.74, 6) is 0.540. The maximum absolute atomic E-state index is 13.9. The fourth-order valence-corrected chi connectivity index (χ4v) is 5.68. The largest absolute Gasteiger partial charge is 0.495 e. The van der Waals surface area contributed by atoms with Crippen molar-refractivity contribution in [3.63, 3.8) is 0 Å². The average molecular weight is 594 g/mol. The van der Waals surface area contributed by atoms with Gasteiger partial charge in [0.1, 0.15) is 18.0 Å². The van der Waals surface area contributed by atoms with E-state index >= 15 is 0 Å². The summed E-state index contributed by atoms with van der Waals surface area (Å²) >= 11 is 0. The lowest BCUT2D eigenvalue weighted by molar-refractivity contribution is -0.155. The van der Waals surface area contributed by atoms with Crippen molar-refractivity contribution in [2.75, 3.05) is 40.0 Å². The molecule has 2 aromatic rings.